The van der Waals surface area contributed by atoms with Crippen molar-refractivity contribution in [3.8, 4) is 5.75 Å². The van der Waals surface area contributed by atoms with Crippen LogP contribution in [0, 0.1) is 11.7 Å². The summed E-state index contributed by atoms with van der Waals surface area (Å²) in [5, 5.41) is 2.34. The number of nitrogens with zero attached hydrogens (tertiary/aromatic N) is 1. The van der Waals surface area contributed by atoms with Crippen molar-refractivity contribution in [3.05, 3.63) is 53.1 Å². The van der Waals surface area contributed by atoms with Crippen LogP contribution in [0.5, 0.6) is 5.75 Å². The van der Waals surface area contributed by atoms with Gasteiger partial charge in [0, 0.05) is 29.3 Å². The van der Waals surface area contributed by atoms with E-state index in [9.17, 15) is 35.9 Å². The number of ether oxygens (including phenoxy) is 2. The number of anilines is 1. The molecule has 0 bridgehead atoms. The summed E-state index contributed by atoms with van der Waals surface area (Å²) in [5.74, 6) is -7.05. The number of halogens is 6. The average molecular weight is 505 g/mol. The van der Waals surface area contributed by atoms with Crippen LogP contribution >= 0.6 is 0 Å². The summed E-state index contributed by atoms with van der Waals surface area (Å²) in [5.41, 5.74) is 0.816. The van der Waals surface area contributed by atoms with Gasteiger partial charge in [0.05, 0.1) is 12.7 Å². The van der Waals surface area contributed by atoms with Gasteiger partial charge in [-0.1, -0.05) is 13.0 Å². The number of benzene rings is 1. The topological polar surface area (TPSA) is 104 Å². The van der Waals surface area contributed by atoms with E-state index in [1.165, 1.54) is 6.07 Å². The maximum atomic E-state index is 14.8. The number of methoxy groups -OCH3 is 1. The van der Waals surface area contributed by atoms with Crippen LogP contribution in [0.3, 0.4) is 0 Å². The Balaban J connectivity index is 2.10. The first-order valence-corrected chi connectivity index (χ1v) is 10.2. The molecule has 3 N–H and O–H groups in total. The molecule has 1 fully saturated rings. The molecule has 2 heterocycles. The summed E-state index contributed by atoms with van der Waals surface area (Å²) in [6.45, 7) is 1.90. The van der Waals surface area contributed by atoms with Crippen molar-refractivity contribution >= 4 is 17.5 Å². The molecule has 0 saturated carbocycles. The van der Waals surface area contributed by atoms with Crippen LogP contribution in [0.25, 0.3) is 0 Å². The predicted octanol–water partition coefficient (Wildman–Crippen LogP) is 4.34. The molecule has 2 amide bonds. The molecule has 35 heavy (non-hydrogen) atoms. The van der Waals surface area contributed by atoms with Gasteiger partial charge in [-0.2, -0.15) is 13.2 Å². The van der Waals surface area contributed by atoms with Crippen molar-refractivity contribution in [1.82, 2.24) is 4.98 Å². The highest BCUT2D eigenvalue weighted by molar-refractivity contribution is 5.97. The zero-order valence-corrected chi connectivity index (χ0v) is 18.6. The van der Waals surface area contributed by atoms with Crippen LogP contribution in [0.15, 0.2) is 30.5 Å². The van der Waals surface area contributed by atoms with Gasteiger partial charge in [0.2, 0.25) is 0 Å². The second-order valence-corrected chi connectivity index (χ2v) is 8.13. The van der Waals surface area contributed by atoms with Crippen LogP contribution in [-0.4, -0.2) is 41.8 Å². The van der Waals surface area contributed by atoms with Gasteiger partial charge in [0.25, 0.3) is 18.2 Å². The number of carbonyl (C=O) groups excluding carboxylic acids is 2. The number of alkyl halides is 5. The van der Waals surface area contributed by atoms with Crippen LogP contribution < -0.4 is 15.8 Å². The molecule has 4 atom stereocenters. The Morgan fingerprint density at radius 3 is 2.46 bits per heavy atom. The summed E-state index contributed by atoms with van der Waals surface area (Å²) in [7, 11) is 0.970. The number of carbonyl (C=O) groups is 2. The normalized spacial score (nSPS) is 24.5. The second-order valence-electron chi connectivity index (χ2n) is 8.13. The van der Waals surface area contributed by atoms with Gasteiger partial charge in [-0.15, -0.1) is 0 Å². The van der Waals surface area contributed by atoms with E-state index in [1.807, 2.05) is 0 Å². The molecule has 1 aliphatic rings. The number of rotatable bonds is 6. The number of hydrogen-bond acceptors (Lipinski definition) is 5. The third kappa shape index (κ3) is 4.64. The summed E-state index contributed by atoms with van der Waals surface area (Å²) < 4.78 is 93.3. The third-order valence-corrected chi connectivity index (χ3v) is 6.16. The van der Waals surface area contributed by atoms with Crippen molar-refractivity contribution in [2.24, 2.45) is 11.7 Å². The first kappa shape index (κ1) is 26.3. The number of aromatic nitrogens is 1. The fraction of sp³-hybridized carbons (Fsp3) is 0.409. The van der Waals surface area contributed by atoms with Crippen molar-refractivity contribution in [2.45, 2.75) is 44.1 Å². The van der Waals surface area contributed by atoms with E-state index in [0.29, 0.717) is 0 Å². The average Bonchev–Trinajstić information content (AvgIpc) is 3.05. The molecule has 0 spiro atoms. The Morgan fingerprint density at radius 1 is 1.26 bits per heavy atom. The molecule has 2 aromatic rings. The van der Waals surface area contributed by atoms with Crippen LogP contribution in [0.1, 0.15) is 47.8 Å². The van der Waals surface area contributed by atoms with Crippen molar-refractivity contribution < 1.29 is 45.4 Å². The molecule has 3 rings (SSSR count). The molecular formula is C22H21F6N3O4. The zero-order chi connectivity index (χ0) is 26.3. The Morgan fingerprint density at radius 2 is 1.91 bits per heavy atom. The quantitative estimate of drug-likeness (QED) is 0.569. The van der Waals surface area contributed by atoms with Gasteiger partial charge in [-0.05, 0) is 25.1 Å². The highest BCUT2D eigenvalue weighted by Crippen LogP contribution is 2.55. The minimum absolute atomic E-state index is 0.0133. The number of nitrogens with two attached hydrogens (primary N) is 1. The summed E-state index contributed by atoms with van der Waals surface area (Å²) >= 11 is 0. The SMILES string of the molecule is COc1c([C@H]2[C@H](C(=O)Nc3ccnc(C(N)=O)c3)O[C@@](C)(C(F)(F)F)[C@H]2C)ccc(C(F)F)c1F. The standard InChI is InChI=1S/C22H21F6N3O4/c1-9-14(11-4-5-12(18(24)25)15(23)16(11)34-3)17(35-21(9,2)22(26,27)28)20(33)31-10-6-7-30-13(8-10)19(29)32/h4-9,14,17-18H,1-3H3,(H2,29,32)(H,30,31,33)/t9-,14-,17+,21+/m0/s1. The van der Waals surface area contributed by atoms with Gasteiger partial charge in [-0.25, -0.2) is 13.2 Å². The molecule has 0 radical (unpaired) electrons. The van der Waals surface area contributed by atoms with E-state index < -0.39 is 65.1 Å². The van der Waals surface area contributed by atoms with E-state index in [4.69, 9.17) is 15.2 Å². The molecule has 1 aliphatic heterocycles. The molecule has 1 aromatic heterocycles. The van der Waals surface area contributed by atoms with Crippen LogP contribution in [0.4, 0.5) is 32.0 Å². The van der Waals surface area contributed by atoms with Gasteiger partial charge in [0.1, 0.15) is 11.8 Å². The highest BCUT2D eigenvalue weighted by Gasteiger charge is 2.65. The lowest BCUT2D eigenvalue weighted by atomic mass is 9.76. The Kier molecular flexibility index (Phi) is 7.02. The smallest absolute Gasteiger partial charge is 0.417 e. The number of hydrogen-bond donors (Lipinski definition) is 2. The molecule has 190 valence electrons. The number of nitrogens with one attached hydrogen (secondary N) is 1. The molecule has 0 unspecified atom stereocenters. The fourth-order valence-corrected chi connectivity index (χ4v) is 4.10. The summed E-state index contributed by atoms with van der Waals surface area (Å²) in [6, 6.07) is 4.09. The first-order valence-electron chi connectivity index (χ1n) is 10.2. The molecule has 0 aliphatic carbocycles. The van der Waals surface area contributed by atoms with Gasteiger partial charge >= 0.3 is 6.18 Å². The fourth-order valence-electron chi connectivity index (χ4n) is 4.10. The lowest BCUT2D eigenvalue weighted by Gasteiger charge is -2.32. The van der Waals surface area contributed by atoms with E-state index >= 15 is 0 Å². The van der Waals surface area contributed by atoms with Crippen molar-refractivity contribution in [1.29, 1.82) is 0 Å². The monoisotopic (exact) mass is 505 g/mol. The Bertz CT molecular complexity index is 1140. The maximum Gasteiger partial charge on any atom is 0.417 e. The number of pyridine rings is 1. The molecular weight excluding hydrogens is 484 g/mol. The molecule has 13 heteroatoms. The van der Waals surface area contributed by atoms with E-state index in [-0.39, 0.29) is 16.9 Å². The largest absolute Gasteiger partial charge is 0.493 e. The summed E-state index contributed by atoms with van der Waals surface area (Å²) in [4.78, 5) is 28.2. The van der Waals surface area contributed by atoms with Crippen molar-refractivity contribution in [2.75, 3.05) is 12.4 Å². The lowest BCUT2D eigenvalue weighted by Crippen LogP contribution is -2.47. The maximum absolute atomic E-state index is 14.8. The van der Waals surface area contributed by atoms with E-state index in [2.05, 4.69) is 10.3 Å². The molecule has 1 aromatic carbocycles. The Labute approximate surface area is 195 Å². The first-order chi connectivity index (χ1) is 16.2. The van der Waals surface area contributed by atoms with Crippen LogP contribution in [-0.2, 0) is 9.53 Å². The minimum Gasteiger partial charge on any atom is -0.493 e. The van der Waals surface area contributed by atoms with E-state index in [1.54, 1.807) is 0 Å². The summed E-state index contributed by atoms with van der Waals surface area (Å²) in [6.07, 6.45) is -8.84. The Hall–Kier alpha value is -3.35. The number of amides is 2. The molecule has 1 saturated heterocycles. The highest BCUT2D eigenvalue weighted by atomic mass is 19.4. The second kappa shape index (κ2) is 9.36. The third-order valence-electron chi connectivity index (χ3n) is 6.16. The minimum atomic E-state index is -4.94. The van der Waals surface area contributed by atoms with Gasteiger partial charge in [0.15, 0.2) is 17.2 Å². The van der Waals surface area contributed by atoms with E-state index in [0.717, 1.165) is 45.4 Å². The van der Waals surface area contributed by atoms with Crippen LogP contribution in [0.2, 0.25) is 0 Å². The number of primary amides is 1. The van der Waals surface area contributed by atoms with Gasteiger partial charge < -0.3 is 20.5 Å². The predicted molar refractivity (Wildman–Crippen MR) is 111 cm³/mol. The lowest BCUT2D eigenvalue weighted by molar-refractivity contribution is -0.272. The zero-order valence-electron chi connectivity index (χ0n) is 18.6. The van der Waals surface area contributed by atoms with Gasteiger partial charge in [-0.3, -0.25) is 14.6 Å². The molecule has 7 nitrogen and oxygen atoms in total. The van der Waals surface area contributed by atoms with Crippen molar-refractivity contribution in [3.63, 3.8) is 0 Å².